The summed E-state index contributed by atoms with van der Waals surface area (Å²) in [4.78, 5) is 15.9. The Kier molecular flexibility index (Phi) is 4.79. The Balaban J connectivity index is 2.04. The smallest absolute Gasteiger partial charge is 0.256 e. The lowest BCUT2D eigenvalue weighted by molar-refractivity contribution is -0.117. The molecule has 0 saturated heterocycles. The minimum absolute atomic E-state index is 0.0292. The number of allylic oxidation sites excluding steroid dienone is 2. The molecule has 0 aromatic heterocycles. The van der Waals surface area contributed by atoms with Crippen LogP contribution in [0.2, 0.25) is 0 Å². The molecule has 0 unspecified atom stereocenters. The van der Waals surface area contributed by atoms with Gasteiger partial charge in [0.05, 0.1) is 11.3 Å². The van der Waals surface area contributed by atoms with Crippen molar-refractivity contribution in [2.24, 2.45) is 4.40 Å². The van der Waals surface area contributed by atoms with Crippen LogP contribution in [0.15, 0.2) is 28.3 Å². The maximum atomic E-state index is 12.2. The van der Waals surface area contributed by atoms with E-state index in [1.807, 2.05) is 19.0 Å². The fourth-order valence-corrected chi connectivity index (χ4v) is 3.07. The van der Waals surface area contributed by atoms with Crippen LogP contribution in [-0.2, 0) is 14.8 Å². The number of hydrogen-bond acceptors (Lipinski definition) is 5. The number of sulfonamides is 1. The molecule has 0 atom stereocenters. The van der Waals surface area contributed by atoms with Gasteiger partial charge in [0.25, 0.3) is 15.9 Å². The Hall–Kier alpha value is -1.67. The van der Waals surface area contributed by atoms with Crippen LogP contribution in [0.4, 0.5) is 0 Å². The number of carbonyl (C=O) groups is 1. The zero-order chi connectivity index (χ0) is 15.5. The molecule has 0 aromatic carbocycles. The summed E-state index contributed by atoms with van der Waals surface area (Å²) in [7, 11) is 0.465. The van der Waals surface area contributed by atoms with Crippen molar-refractivity contribution in [2.75, 3.05) is 39.5 Å². The van der Waals surface area contributed by atoms with E-state index in [1.165, 1.54) is 0 Å². The zero-order valence-corrected chi connectivity index (χ0v) is 13.1. The number of hydrogen-bond donors (Lipinski definition) is 1. The molecule has 0 radical (unpaired) electrons. The molecule has 7 nitrogen and oxygen atoms in total. The van der Waals surface area contributed by atoms with Crippen molar-refractivity contribution >= 4 is 21.8 Å². The Labute approximate surface area is 125 Å². The minimum atomic E-state index is -3.47. The molecule has 116 valence electrons. The number of carbonyl (C=O) groups excluding carboxylic acids is 1. The topological polar surface area (TPSA) is 82.1 Å². The summed E-state index contributed by atoms with van der Waals surface area (Å²) in [6.45, 7) is 1.74. The Morgan fingerprint density at radius 3 is 2.95 bits per heavy atom. The van der Waals surface area contributed by atoms with Gasteiger partial charge in [-0.05, 0) is 39.2 Å². The number of amides is 1. The summed E-state index contributed by atoms with van der Waals surface area (Å²) in [5.74, 6) is -0.105. The molecular weight excluding hydrogens is 292 g/mol. The van der Waals surface area contributed by atoms with Crippen molar-refractivity contribution in [1.82, 2.24) is 15.1 Å². The van der Waals surface area contributed by atoms with Crippen LogP contribution in [0.5, 0.6) is 0 Å². The molecule has 21 heavy (non-hydrogen) atoms. The lowest BCUT2D eigenvalue weighted by Crippen LogP contribution is -2.42. The largest absolute Gasteiger partial charge is 0.352 e. The van der Waals surface area contributed by atoms with Gasteiger partial charge in [0.2, 0.25) is 0 Å². The molecule has 0 saturated carbocycles. The summed E-state index contributed by atoms with van der Waals surface area (Å²) in [6, 6.07) is 0. The number of fused-ring (bicyclic) bond motifs is 1. The Bertz CT molecular complexity index is 605. The van der Waals surface area contributed by atoms with E-state index >= 15 is 0 Å². The highest BCUT2D eigenvalue weighted by molar-refractivity contribution is 7.90. The van der Waals surface area contributed by atoms with Crippen LogP contribution >= 0.6 is 0 Å². The molecule has 0 fully saturated rings. The van der Waals surface area contributed by atoms with Crippen molar-refractivity contribution in [3.05, 3.63) is 23.9 Å². The van der Waals surface area contributed by atoms with Gasteiger partial charge in [0.1, 0.15) is 0 Å². The van der Waals surface area contributed by atoms with Crippen molar-refractivity contribution in [2.45, 2.75) is 6.42 Å². The van der Waals surface area contributed by atoms with Gasteiger partial charge in [-0.1, -0.05) is 0 Å². The van der Waals surface area contributed by atoms with Crippen molar-refractivity contribution in [1.29, 1.82) is 0 Å². The SMILES string of the molecule is CN(C)CCCNC(=O)C1=CC=CN2CCS(=O)(=O)N=C12. The number of nitrogens with zero attached hydrogens (tertiary/aromatic N) is 3. The highest BCUT2D eigenvalue weighted by atomic mass is 32.2. The van der Waals surface area contributed by atoms with Crippen LogP contribution in [0.25, 0.3) is 0 Å². The number of amidine groups is 1. The molecule has 2 aliphatic rings. The maximum Gasteiger partial charge on any atom is 0.256 e. The van der Waals surface area contributed by atoms with Crippen LogP contribution in [0, 0.1) is 0 Å². The van der Waals surface area contributed by atoms with Crippen LogP contribution in [0.3, 0.4) is 0 Å². The van der Waals surface area contributed by atoms with Gasteiger partial charge < -0.3 is 15.1 Å². The summed E-state index contributed by atoms with van der Waals surface area (Å²) >= 11 is 0. The van der Waals surface area contributed by atoms with Gasteiger partial charge in [-0.15, -0.1) is 4.40 Å². The molecular formula is C13H20N4O3S. The first kappa shape index (κ1) is 15.7. The first-order chi connectivity index (χ1) is 9.89. The van der Waals surface area contributed by atoms with E-state index in [2.05, 4.69) is 9.71 Å². The fraction of sp³-hybridized carbons (Fsp3) is 0.538. The molecule has 1 N–H and O–H groups in total. The third-order valence-electron chi connectivity index (χ3n) is 3.17. The zero-order valence-electron chi connectivity index (χ0n) is 12.2. The van der Waals surface area contributed by atoms with E-state index in [4.69, 9.17) is 0 Å². The van der Waals surface area contributed by atoms with Gasteiger partial charge in [-0.2, -0.15) is 0 Å². The molecule has 8 heteroatoms. The van der Waals surface area contributed by atoms with Crippen LogP contribution in [-0.4, -0.2) is 69.4 Å². The molecule has 2 aliphatic heterocycles. The third kappa shape index (κ3) is 4.15. The van der Waals surface area contributed by atoms with Crippen molar-refractivity contribution in [3.8, 4) is 0 Å². The van der Waals surface area contributed by atoms with E-state index in [0.29, 0.717) is 18.7 Å². The average Bonchev–Trinajstić information content (AvgIpc) is 2.41. The Morgan fingerprint density at radius 2 is 2.24 bits per heavy atom. The van der Waals surface area contributed by atoms with E-state index in [1.54, 1.807) is 23.3 Å². The van der Waals surface area contributed by atoms with Crippen LogP contribution in [0.1, 0.15) is 6.42 Å². The first-order valence-electron chi connectivity index (χ1n) is 6.80. The van der Waals surface area contributed by atoms with Gasteiger partial charge in [-0.25, -0.2) is 8.42 Å². The number of nitrogens with one attached hydrogen (secondary N) is 1. The fourth-order valence-electron chi connectivity index (χ4n) is 2.09. The second-order valence-corrected chi connectivity index (χ2v) is 6.98. The molecule has 2 rings (SSSR count). The third-order valence-corrected chi connectivity index (χ3v) is 4.32. The van der Waals surface area contributed by atoms with Gasteiger partial charge in [-0.3, -0.25) is 4.79 Å². The Morgan fingerprint density at radius 1 is 1.48 bits per heavy atom. The van der Waals surface area contributed by atoms with E-state index < -0.39 is 10.0 Å². The lowest BCUT2D eigenvalue weighted by Gasteiger charge is -2.28. The van der Waals surface area contributed by atoms with Gasteiger partial charge in [0.15, 0.2) is 5.84 Å². The quantitative estimate of drug-likeness (QED) is 0.696. The first-order valence-corrected chi connectivity index (χ1v) is 8.41. The second-order valence-electron chi connectivity index (χ2n) is 5.23. The summed E-state index contributed by atoms with van der Waals surface area (Å²) in [5, 5.41) is 2.80. The highest BCUT2D eigenvalue weighted by Gasteiger charge is 2.29. The second kappa shape index (κ2) is 6.40. The molecule has 2 heterocycles. The summed E-state index contributed by atoms with van der Waals surface area (Å²) in [6.07, 6.45) is 5.88. The van der Waals surface area contributed by atoms with E-state index in [0.717, 1.165) is 13.0 Å². The normalized spacial score (nSPS) is 19.9. The molecule has 1 amide bonds. The monoisotopic (exact) mass is 312 g/mol. The van der Waals surface area contributed by atoms with Crippen LogP contribution < -0.4 is 5.32 Å². The predicted octanol–water partition coefficient (Wildman–Crippen LogP) is -0.448. The highest BCUT2D eigenvalue weighted by Crippen LogP contribution is 2.17. The van der Waals surface area contributed by atoms with Crippen molar-refractivity contribution < 1.29 is 13.2 Å². The lowest BCUT2D eigenvalue weighted by atomic mass is 10.1. The van der Waals surface area contributed by atoms with E-state index in [-0.39, 0.29) is 17.5 Å². The van der Waals surface area contributed by atoms with Gasteiger partial charge in [0, 0.05) is 19.3 Å². The molecule has 0 aliphatic carbocycles. The van der Waals surface area contributed by atoms with Gasteiger partial charge >= 0.3 is 0 Å². The molecule has 0 bridgehead atoms. The summed E-state index contributed by atoms with van der Waals surface area (Å²) < 4.78 is 26.9. The maximum absolute atomic E-state index is 12.2. The van der Waals surface area contributed by atoms with Crippen molar-refractivity contribution in [3.63, 3.8) is 0 Å². The molecule has 0 aromatic rings. The summed E-state index contributed by atoms with van der Waals surface area (Å²) in [5.41, 5.74) is 0.297. The van der Waals surface area contributed by atoms with E-state index in [9.17, 15) is 13.2 Å². The minimum Gasteiger partial charge on any atom is -0.352 e. The standard InChI is InChI=1S/C13H20N4O3S/c1-16(2)7-4-6-14-13(18)11-5-3-8-17-9-10-21(19,20)15-12(11)17/h3,5,8H,4,6-7,9-10H2,1-2H3,(H,14,18). The number of rotatable bonds is 5. The average molecular weight is 312 g/mol. The molecule has 0 spiro atoms. The predicted molar refractivity (Wildman–Crippen MR) is 81.3 cm³/mol.